The van der Waals surface area contributed by atoms with Crippen LogP contribution in [0.5, 0.6) is 0 Å². The molecule has 1 fully saturated rings. The van der Waals surface area contributed by atoms with E-state index in [1.54, 1.807) is 11.3 Å². The molecule has 0 aromatic carbocycles. The number of aliphatic imine (C=N–C) groups is 1. The minimum absolute atomic E-state index is 0.133. The zero-order valence-electron chi connectivity index (χ0n) is 20.2. The van der Waals surface area contributed by atoms with Crippen molar-refractivity contribution < 1.29 is 4.79 Å². The minimum atomic E-state index is -0.133. The number of nitrogens with one attached hydrogen (secondary N) is 1. The molecular formula is C25H36N4O2S. The molecule has 174 valence electrons. The lowest BCUT2D eigenvalue weighted by atomic mass is 9.98. The number of hydrogen-bond donors (Lipinski definition) is 1. The monoisotopic (exact) mass is 456 g/mol. The fourth-order valence-corrected chi connectivity index (χ4v) is 6.07. The number of carbonyl (C=O) groups excluding carboxylic acids is 1. The molecular weight excluding hydrogens is 420 g/mol. The molecule has 7 heteroatoms. The van der Waals surface area contributed by atoms with Crippen molar-refractivity contribution in [3.8, 4) is 0 Å². The fraction of sp³-hybridized carbons (Fsp3) is 0.560. The molecule has 1 saturated heterocycles. The normalized spacial score (nSPS) is 17.2. The molecule has 0 spiro atoms. The van der Waals surface area contributed by atoms with Gasteiger partial charge in [-0.1, -0.05) is 6.92 Å². The van der Waals surface area contributed by atoms with E-state index < -0.39 is 0 Å². The first kappa shape index (κ1) is 24.6. The van der Waals surface area contributed by atoms with E-state index in [2.05, 4.69) is 53.1 Å². The van der Waals surface area contributed by atoms with Crippen LogP contribution in [-0.4, -0.2) is 60.0 Å². The molecule has 3 rings (SSSR count). The number of aryl methyl sites for hydroxylation is 2. The van der Waals surface area contributed by atoms with Crippen molar-refractivity contribution >= 4 is 23.3 Å². The van der Waals surface area contributed by atoms with Gasteiger partial charge in [-0.3, -0.25) is 19.5 Å². The number of hydrogen-bond acceptors (Lipinski definition) is 6. The summed E-state index contributed by atoms with van der Waals surface area (Å²) in [4.78, 5) is 37.9. The Hall–Kier alpha value is -2.09. The summed E-state index contributed by atoms with van der Waals surface area (Å²) in [6.45, 7) is 10.5. The van der Waals surface area contributed by atoms with Gasteiger partial charge in [0.1, 0.15) is 5.71 Å². The highest BCUT2D eigenvalue weighted by Crippen LogP contribution is 2.35. The summed E-state index contributed by atoms with van der Waals surface area (Å²) in [6.07, 6.45) is 4.23. The maximum Gasteiger partial charge on any atom is 0.253 e. The third-order valence-corrected chi connectivity index (χ3v) is 7.91. The summed E-state index contributed by atoms with van der Waals surface area (Å²) in [5.74, 6) is 0. The van der Waals surface area contributed by atoms with E-state index in [1.165, 1.54) is 17.7 Å². The molecule has 0 saturated carbocycles. The lowest BCUT2D eigenvalue weighted by Crippen LogP contribution is -2.43. The molecule has 0 bridgehead atoms. The largest absolute Gasteiger partial charge is 0.326 e. The minimum Gasteiger partial charge on any atom is -0.326 e. The molecule has 32 heavy (non-hydrogen) atoms. The summed E-state index contributed by atoms with van der Waals surface area (Å²) in [6, 6.07) is 2.96. The average Bonchev–Trinajstić information content (AvgIpc) is 3.12. The number of piperidine rings is 1. The van der Waals surface area contributed by atoms with Crippen LogP contribution < -0.4 is 5.56 Å². The van der Waals surface area contributed by atoms with Crippen molar-refractivity contribution in [3.05, 3.63) is 54.6 Å². The Bertz CT molecular complexity index is 1030. The zero-order chi connectivity index (χ0) is 23.4. The molecule has 0 amide bonds. The second kappa shape index (κ2) is 10.7. The number of pyridine rings is 1. The first-order valence-corrected chi connectivity index (χ1v) is 12.3. The summed E-state index contributed by atoms with van der Waals surface area (Å²) >= 11 is 1.72. The van der Waals surface area contributed by atoms with E-state index in [4.69, 9.17) is 0 Å². The van der Waals surface area contributed by atoms with Gasteiger partial charge in [0.05, 0.1) is 6.54 Å². The van der Waals surface area contributed by atoms with E-state index >= 15 is 0 Å². The van der Waals surface area contributed by atoms with Crippen LogP contribution in [0.25, 0.3) is 0 Å². The van der Waals surface area contributed by atoms with Crippen LogP contribution in [0.4, 0.5) is 0 Å². The Morgan fingerprint density at radius 3 is 2.56 bits per heavy atom. The number of aromatic nitrogens is 1. The van der Waals surface area contributed by atoms with Crippen molar-refractivity contribution in [1.82, 2.24) is 14.8 Å². The Kier molecular flexibility index (Phi) is 8.20. The average molecular weight is 457 g/mol. The van der Waals surface area contributed by atoms with Crippen molar-refractivity contribution in [2.24, 2.45) is 4.99 Å². The van der Waals surface area contributed by atoms with Crippen LogP contribution >= 0.6 is 11.3 Å². The number of likely N-dealkylation sites (tertiary alicyclic amines) is 1. The number of carbonyl (C=O) groups is 1. The predicted molar refractivity (Wildman–Crippen MR) is 133 cm³/mol. The van der Waals surface area contributed by atoms with Crippen LogP contribution in [0, 0.1) is 20.8 Å². The molecule has 3 heterocycles. The molecule has 1 atom stereocenters. The Balaban J connectivity index is 1.82. The first-order valence-electron chi connectivity index (χ1n) is 11.4. The van der Waals surface area contributed by atoms with Crippen LogP contribution in [0.3, 0.4) is 0 Å². The van der Waals surface area contributed by atoms with E-state index in [9.17, 15) is 9.59 Å². The third kappa shape index (κ3) is 5.27. The van der Waals surface area contributed by atoms with Crippen LogP contribution in [-0.2, 0) is 11.3 Å². The highest BCUT2D eigenvalue weighted by atomic mass is 32.1. The quantitative estimate of drug-likeness (QED) is 0.481. The van der Waals surface area contributed by atoms with Crippen LogP contribution in [0.2, 0.25) is 0 Å². The van der Waals surface area contributed by atoms with Gasteiger partial charge in [0.25, 0.3) is 5.56 Å². The second-order valence-corrected chi connectivity index (χ2v) is 9.97. The number of aromatic amines is 1. The number of thiophene rings is 1. The molecule has 0 aliphatic carbocycles. The van der Waals surface area contributed by atoms with Gasteiger partial charge in [-0.05, 0) is 71.3 Å². The first-order chi connectivity index (χ1) is 15.3. The van der Waals surface area contributed by atoms with Gasteiger partial charge in [0, 0.05) is 52.3 Å². The number of nitrogens with zero attached hydrogens (tertiary/aromatic N) is 3. The standard InChI is InChI=1S/C25H36N4O2S/c1-7-23(29-10-8-19(9-11-29)28(5)6)24-18(4)21(15-32-24)22(14-30)26-13-20-16(2)12-17(3)27-25(20)31/h12,14-15,19,23H,7-11,13H2,1-6H3,(H,27,31). The van der Waals surface area contributed by atoms with Gasteiger partial charge in [-0.25, -0.2) is 0 Å². The van der Waals surface area contributed by atoms with Gasteiger partial charge in [-0.2, -0.15) is 0 Å². The topological polar surface area (TPSA) is 68.8 Å². The van der Waals surface area contributed by atoms with Gasteiger partial charge < -0.3 is 9.88 Å². The lowest BCUT2D eigenvalue weighted by Gasteiger charge is -2.39. The molecule has 6 nitrogen and oxygen atoms in total. The maximum atomic E-state index is 12.3. The van der Waals surface area contributed by atoms with Crippen LogP contribution in [0.15, 0.2) is 21.2 Å². The van der Waals surface area contributed by atoms with E-state index in [-0.39, 0.29) is 12.1 Å². The lowest BCUT2D eigenvalue weighted by molar-refractivity contribution is -0.102. The Morgan fingerprint density at radius 2 is 2.00 bits per heavy atom. The molecule has 2 aromatic rings. The third-order valence-electron chi connectivity index (χ3n) is 6.73. The van der Waals surface area contributed by atoms with Crippen LogP contribution in [0.1, 0.15) is 65.1 Å². The Labute approximate surface area is 195 Å². The summed E-state index contributed by atoms with van der Waals surface area (Å²) in [5.41, 5.74) is 4.65. The second-order valence-electron chi connectivity index (χ2n) is 9.06. The fourth-order valence-electron chi connectivity index (χ4n) is 4.76. The van der Waals surface area contributed by atoms with Gasteiger partial charge in [0.2, 0.25) is 0 Å². The summed E-state index contributed by atoms with van der Waals surface area (Å²) < 4.78 is 0. The van der Waals surface area contributed by atoms with Crippen molar-refractivity contribution in [3.63, 3.8) is 0 Å². The molecule has 1 unspecified atom stereocenters. The summed E-state index contributed by atoms with van der Waals surface area (Å²) in [7, 11) is 4.33. The number of H-pyrrole nitrogens is 1. The predicted octanol–water partition coefficient (Wildman–Crippen LogP) is 4.03. The van der Waals surface area contributed by atoms with Gasteiger partial charge in [0.15, 0.2) is 6.29 Å². The smallest absolute Gasteiger partial charge is 0.253 e. The SMILES string of the molecule is CCC(c1scc(C(C=O)=NCc2c(C)cc(C)[nH]c2=O)c1C)N1CCC(N(C)C)CC1. The number of rotatable bonds is 8. The van der Waals surface area contributed by atoms with E-state index in [1.807, 2.05) is 19.9 Å². The molecule has 0 radical (unpaired) electrons. The van der Waals surface area contributed by atoms with Crippen molar-refractivity contribution in [2.45, 2.75) is 65.6 Å². The molecule has 2 aromatic heterocycles. The van der Waals surface area contributed by atoms with Crippen molar-refractivity contribution in [1.29, 1.82) is 0 Å². The molecule has 1 N–H and O–H groups in total. The van der Waals surface area contributed by atoms with Gasteiger partial charge >= 0.3 is 0 Å². The zero-order valence-corrected chi connectivity index (χ0v) is 21.0. The van der Waals surface area contributed by atoms with Crippen molar-refractivity contribution in [2.75, 3.05) is 27.2 Å². The number of aldehydes is 1. The highest BCUT2D eigenvalue weighted by molar-refractivity contribution is 7.10. The highest BCUT2D eigenvalue weighted by Gasteiger charge is 2.28. The van der Waals surface area contributed by atoms with Gasteiger partial charge in [-0.15, -0.1) is 11.3 Å². The molecule has 1 aliphatic heterocycles. The maximum absolute atomic E-state index is 12.3. The van der Waals surface area contributed by atoms with E-state index in [0.717, 1.165) is 48.2 Å². The Morgan fingerprint density at radius 1 is 1.31 bits per heavy atom. The summed E-state index contributed by atoms with van der Waals surface area (Å²) in [5, 5.41) is 2.05. The van der Waals surface area contributed by atoms with E-state index in [0.29, 0.717) is 23.4 Å². The molecule has 1 aliphatic rings.